The van der Waals surface area contributed by atoms with Crippen LogP contribution in [0.25, 0.3) is 0 Å². The second-order valence-corrected chi connectivity index (χ2v) is 18.0. The summed E-state index contributed by atoms with van der Waals surface area (Å²) in [7, 11) is 2.59. The highest BCUT2D eigenvalue weighted by Gasteiger charge is 2.43. The molecule has 0 rings (SSSR count). The molecule has 0 aromatic carbocycles. The molecule has 0 aliphatic rings. The minimum absolute atomic E-state index is 0.102. The van der Waals surface area contributed by atoms with Crippen molar-refractivity contribution in [3.8, 4) is 0 Å². The fourth-order valence-corrected chi connectivity index (χ4v) is 10.4. The van der Waals surface area contributed by atoms with Crippen molar-refractivity contribution in [2.24, 2.45) is 10.8 Å². The molecule has 0 aromatic heterocycles. The van der Waals surface area contributed by atoms with Crippen molar-refractivity contribution in [2.75, 3.05) is 19.6 Å². The van der Waals surface area contributed by atoms with Gasteiger partial charge in [-0.3, -0.25) is 0 Å². The van der Waals surface area contributed by atoms with Crippen LogP contribution in [0, 0.1) is 10.8 Å². The van der Waals surface area contributed by atoms with E-state index in [1.54, 1.807) is 7.11 Å². The van der Waals surface area contributed by atoms with Crippen molar-refractivity contribution in [1.82, 2.24) is 0 Å². The van der Waals surface area contributed by atoms with Crippen molar-refractivity contribution < 1.29 is 8.85 Å². The van der Waals surface area contributed by atoms with E-state index in [1.165, 1.54) is 0 Å². The molecule has 0 aliphatic carbocycles. The van der Waals surface area contributed by atoms with Crippen LogP contribution >= 0.6 is 9.48 Å². The predicted molar refractivity (Wildman–Crippen MR) is 92.4 cm³/mol. The molecule has 2 atom stereocenters. The largest absolute Gasteiger partial charge is 0.398 e. The smallest absolute Gasteiger partial charge is 0.335 e. The molecular formula is C14H33O2SSi2. The van der Waals surface area contributed by atoms with E-state index < -0.39 is 18.0 Å². The van der Waals surface area contributed by atoms with E-state index in [2.05, 4.69) is 70.0 Å². The van der Waals surface area contributed by atoms with Gasteiger partial charge < -0.3 is 8.85 Å². The summed E-state index contributed by atoms with van der Waals surface area (Å²) in [6.45, 7) is 15.7. The molecule has 0 aliphatic heterocycles. The van der Waals surface area contributed by atoms with Crippen molar-refractivity contribution in [3.63, 3.8) is 0 Å². The molecular weight excluding hydrogens is 288 g/mol. The van der Waals surface area contributed by atoms with Gasteiger partial charge in [-0.2, -0.15) is 0 Å². The van der Waals surface area contributed by atoms with Crippen LogP contribution in [0.2, 0.25) is 12.6 Å². The third-order valence-corrected chi connectivity index (χ3v) is 8.87. The molecule has 19 heavy (non-hydrogen) atoms. The maximum atomic E-state index is 6.60. The lowest BCUT2D eigenvalue weighted by Gasteiger charge is -2.48. The van der Waals surface area contributed by atoms with Crippen LogP contribution in [0.1, 0.15) is 41.5 Å². The standard InChI is InChI=1S/C14H33O2SSi2/c1-13(2,3)11-19(10,15-7)16-12(14(4,5)6)17(8,9)18/h12H,11H2,1-10H3. The molecule has 3 radical (unpaired) electrons. The van der Waals surface area contributed by atoms with Gasteiger partial charge in [-0.15, -0.1) is 0 Å². The minimum Gasteiger partial charge on any atom is -0.398 e. The summed E-state index contributed by atoms with van der Waals surface area (Å²) in [6, 6.07) is 1.00. The highest BCUT2D eigenvalue weighted by Crippen LogP contribution is 2.50. The first-order valence-corrected chi connectivity index (χ1v) is 13.1. The molecule has 0 spiro atoms. The Morgan fingerprint density at radius 2 is 1.53 bits per heavy atom. The first kappa shape index (κ1) is 19.7. The molecule has 0 bridgehead atoms. The molecule has 0 fully saturated rings. The Labute approximate surface area is 126 Å². The number of hydrogen-bond acceptors (Lipinski definition) is 2. The Hall–Kier alpha value is 0.704. The highest BCUT2D eigenvalue weighted by molar-refractivity contribution is 8.49. The summed E-state index contributed by atoms with van der Waals surface area (Å²) in [5.74, 6) is 0. The predicted octanol–water partition coefficient (Wildman–Crippen LogP) is 4.29. The summed E-state index contributed by atoms with van der Waals surface area (Å²) >= 11 is 0. The van der Waals surface area contributed by atoms with E-state index in [0.29, 0.717) is 0 Å². The zero-order chi connectivity index (χ0) is 15.7. The van der Waals surface area contributed by atoms with Crippen molar-refractivity contribution in [1.29, 1.82) is 0 Å². The Morgan fingerprint density at radius 3 is 1.74 bits per heavy atom. The molecule has 0 amide bonds. The Kier molecular flexibility index (Phi) is 6.45. The van der Waals surface area contributed by atoms with Gasteiger partial charge in [-0.25, -0.2) is 9.48 Å². The van der Waals surface area contributed by atoms with E-state index in [1.807, 2.05) is 0 Å². The van der Waals surface area contributed by atoms with Gasteiger partial charge in [0.05, 0.1) is 14.8 Å². The Morgan fingerprint density at radius 1 is 1.11 bits per heavy atom. The summed E-state index contributed by atoms with van der Waals surface area (Å²) in [5, 5.41) is 0. The molecule has 115 valence electrons. The normalized spacial score (nSPS) is 19.9. The molecule has 0 saturated carbocycles. The molecule has 2 nitrogen and oxygen atoms in total. The maximum Gasteiger partial charge on any atom is 0.335 e. The van der Waals surface area contributed by atoms with Gasteiger partial charge in [0.2, 0.25) is 0 Å². The van der Waals surface area contributed by atoms with Gasteiger partial charge >= 0.3 is 8.56 Å². The van der Waals surface area contributed by atoms with Crippen LogP contribution in [0.15, 0.2) is 0 Å². The first-order valence-electron chi connectivity index (χ1n) is 6.80. The van der Waals surface area contributed by atoms with Gasteiger partial charge in [0, 0.05) is 7.11 Å². The van der Waals surface area contributed by atoms with E-state index in [-0.39, 0.29) is 16.3 Å². The van der Waals surface area contributed by atoms with Gasteiger partial charge in [-0.05, 0) is 35.9 Å². The quantitative estimate of drug-likeness (QED) is 0.703. The zero-order valence-corrected chi connectivity index (χ0v) is 17.3. The average molecular weight is 322 g/mol. The number of rotatable bonds is 5. The van der Waals surface area contributed by atoms with E-state index in [0.717, 1.165) is 6.04 Å². The average Bonchev–Trinajstić information content (AvgIpc) is 2.08. The maximum absolute atomic E-state index is 6.60. The Bertz CT molecular complexity index is 275. The Balaban J connectivity index is 5.21. The van der Waals surface area contributed by atoms with Crippen molar-refractivity contribution in [3.05, 3.63) is 0 Å². The van der Waals surface area contributed by atoms with Crippen LogP contribution in [0.5, 0.6) is 0 Å². The van der Waals surface area contributed by atoms with Crippen LogP contribution < -0.4 is 0 Å². The highest BCUT2D eigenvalue weighted by atomic mass is 32.4. The van der Waals surface area contributed by atoms with Gasteiger partial charge in [0.25, 0.3) is 0 Å². The monoisotopic (exact) mass is 321 g/mol. The van der Waals surface area contributed by atoms with Crippen molar-refractivity contribution in [2.45, 2.75) is 59.6 Å². The molecule has 0 aromatic rings. The van der Waals surface area contributed by atoms with Gasteiger partial charge in [-0.1, -0.05) is 41.5 Å². The zero-order valence-electron chi connectivity index (χ0n) is 14.5. The SMILES string of the molecule is CO[Si](C)(CC(C)(C)C)OC(C(C)(C)C)S(C)(C)[Si]. The van der Waals surface area contributed by atoms with Gasteiger partial charge in [0.1, 0.15) is 0 Å². The molecule has 0 N–H and O–H groups in total. The summed E-state index contributed by atoms with van der Waals surface area (Å²) in [4.78, 5) is 0. The van der Waals surface area contributed by atoms with E-state index in [4.69, 9.17) is 8.85 Å². The molecule has 0 heterocycles. The second kappa shape index (κ2) is 6.22. The minimum atomic E-state index is -2.15. The third-order valence-electron chi connectivity index (χ3n) is 2.88. The fraction of sp³-hybridized carbons (Fsp3) is 1.00. The van der Waals surface area contributed by atoms with Crippen LogP contribution in [-0.2, 0) is 8.85 Å². The van der Waals surface area contributed by atoms with E-state index >= 15 is 0 Å². The fourth-order valence-electron chi connectivity index (χ4n) is 2.53. The lowest BCUT2D eigenvalue weighted by molar-refractivity contribution is 0.106. The third kappa shape index (κ3) is 7.32. The van der Waals surface area contributed by atoms with Crippen LogP contribution in [0.4, 0.5) is 0 Å². The summed E-state index contributed by atoms with van der Waals surface area (Å²) in [6.07, 6.45) is 4.50. The van der Waals surface area contributed by atoms with Crippen LogP contribution in [-0.4, -0.2) is 43.0 Å². The lowest BCUT2D eigenvalue weighted by Crippen LogP contribution is -2.48. The van der Waals surface area contributed by atoms with Gasteiger partial charge in [0.15, 0.2) is 0 Å². The van der Waals surface area contributed by atoms with Crippen molar-refractivity contribution >= 4 is 27.4 Å². The lowest BCUT2D eigenvalue weighted by atomic mass is 9.98. The summed E-state index contributed by atoms with van der Waals surface area (Å²) in [5.41, 5.74) is 0.520. The second-order valence-electron chi connectivity index (χ2n) is 8.30. The molecule has 0 saturated heterocycles. The van der Waals surface area contributed by atoms with E-state index in [9.17, 15) is 0 Å². The first-order chi connectivity index (χ1) is 8.11. The summed E-state index contributed by atoms with van der Waals surface area (Å²) < 4.78 is 12.4. The molecule has 5 heteroatoms. The molecule has 2 unspecified atom stereocenters. The number of hydrogen-bond donors (Lipinski definition) is 0. The topological polar surface area (TPSA) is 18.5 Å². The van der Waals surface area contributed by atoms with Crippen LogP contribution in [0.3, 0.4) is 0 Å².